The van der Waals surface area contributed by atoms with Crippen molar-refractivity contribution in [1.29, 1.82) is 0 Å². The number of hydrogen-bond donors (Lipinski definition) is 2. The molecule has 2 rings (SSSR count). The molecule has 1 amide bonds. The summed E-state index contributed by atoms with van der Waals surface area (Å²) in [7, 11) is 0. The van der Waals surface area contributed by atoms with Crippen molar-refractivity contribution >= 4 is 23.2 Å². The molecule has 2 unspecified atom stereocenters. The molecule has 1 heterocycles. The summed E-state index contributed by atoms with van der Waals surface area (Å²) in [4.78, 5) is 14.8. The average Bonchev–Trinajstić information content (AvgIpc) is 3.01. The Bertz CT molecular complexity index is 591. The van der Waals surface area contributed by atoms with Crippen LogP contribution >= 0.6 is 12.2 Å². The minimum Gasteiger partial charge on any atom is -0.363 e. The molecule has 2 N–H and O–H groups in total. The number of nitrogens with zero attached hydrogens (tertiary/aromatic N) is 1. The molecule has 6 heteroatoms. The molecule has 1 saturated heterocycles. The summed E-state index contributed by atoms with van der Waals surface area (Å²) in [5.41, 5.74) is 0.979. The number of halogens is 1. The summed E-state index contributed by atoms with van der Waals surface area (Å²) in [5.74, 6) is 0.163. The second-order valence-corrected chi connectivity index (χ2v) is 7.37. The third-order valence-electron chi connectivity index (χ3n) is 4.59. The van der Waals surface area contributed by atoms with Gasteiger partial charge in [-0.25, -0.2) is 4.39 Å². The zero-order valence-electron chi connectivity index (χ0n) is 15.2. The normalized spacial score (nSPS) is 20.0. The van der Waals surface area contributed by atoms with Crippen LogP contribution in [0.3, 0.4) is 0 Å². The molecule has 2 atom stereocenters. The third kappa shape index (κ3) is 5.39. The van der Waals surface area contributed by atoms with Gasteiger partial charge in [-0.1, -0.05) is 26.0 Å². The topological polar surface area (TPSA) is 44.4 Å². The summed E-state index contributed by atoms with van der Waals surface area (Å²) in [6, 6.07) is 6.45. The number of carbonyl (C=O) groups excluding carboxylic acids is 1. The molecule has 1 aromatic carbocycles. The fourth-order valence-electron chi connectivity index (χ4n) is 3.16. The van der Waals surface area contributed by atoms with Crippen LogP contribution < -0.4 is 10.6 Å². The molecule has 4 nitrogen and oxygen atoms in total. The molecule has 0 spiro atoms. The van der Waals surface area contributed by atoms with Crippen molar-refractivity contribution < 1.29 is 9.18 Å². The second-order valence-electron chi connectivity index (χ2n) is 6.98. The fourth-order valence-corrected chi connectivity index (χ4v) is 3.45. The van der Waals surface area contributed by atoms with Crippen LogP contribution in [-0.4, -0.2) is 42.1 Å². The minimum atomic E-state index is -0.264. The lowest BCUT2D eigenvalue weighted by molar-refractivity contribution is -0.124. The van der Waals surface area contributed by atoms with Crippen molar-refractivity contribution in [2.45, 2.75) is 33.1 Å². The van der Waals surface area contributed by atoms with Crippen molar-refractivity contribution in [3.05, 3.63) is 35.6 Å². The highest BCUT2D eigenvalue weighted by molar-refractivity contribution is 7.80. The third-order valence-corrected chi connectivity index (χ3v) is 4.99. The molecule has 1 aromatic rings. The molecule has 0 aromatic heterocycles. The van der Waals surface area contributed by atoms with Crippen molar-refractivity contribution in [3.63, 3.8) is 0 Å². The Labute approximate surface area is 155 Å². The van der Waals surface area contributed by atoms with E-state index in [1.54, 1.807) is 12.1 Å². The first-order valence-corrected chi connectivity index (χ1v) is 9.39. The lowest BCUT2D eigenvalue weighted by Crippen LogP contribution is -2.40. The van der Waals surface area contributed by atoms with E-state index < -0.39 is 0 Å². The molecule has 0 saturated carbocycles. The lowest BCUT2D eigenvalue weighted by atomic mass is 9.88. The maximum Gasteiger partial charge on any atom is 0.225 e. The summed E-state index contributed by atoms with van der Waals surface area (Å²) in [6.45, 7) is 8.96. The van der Waals surface area contributed by atoms with E-state index in [1.807, 2.05) is 11.8 Å². The molecule has 138 valence electrons. The summed E-state index contributed by atoms with van der Waals surface area (Å²) >= 11 is 5.42. The van der Waals surface area contributed by atoms with Gasteiger partial charge < -0.3 is 15.5 Å². The first-order valence-electron chi connectivity index (χ1n) is 8.98. The highest BCUT2D eigenvalue weighted by Gasteiger charge is 2.39. The largest absolute Gasteiger partial charge is 0.363 e. The van der Waals surface area contributed by atoms with Gasteiger partial charge in [0.25, 0.3) is 0 Å². The highest BCUT2D eigenvalue weighted by Crippen LogP contribution is 2.33. The average molecular weight is 366 g/mol. The molecule has 1 fully saturated rings. The number of thiocarbonyl (C=S) groups is 1. The maximum atomic E-state index is 13.3. The molecule has 1 aliphatic heterocycles. The second kappa shape index (κ2) is 9.13. The number of benzene rings is 1. The standard InChI is InChI=1S/C19H28FN3OS/c1-4-21-19(25)23-11-16(14-5-7-15(20)8-6-14)17(12-23)18(24)22-10-9-13(2)3/h5-8,13,16-17H,4,9-12H2,1-3H3,(H,21,25)(H,22,24). The van der Waals surface area contributed by atoms with Gasteiger partial charge in [0.2, 0.25) is 5.91 Å². The van der Waals surface area contributed by atoms with Crippen LogP contribution in [0, 0.1) is 17.7 Å². The van der Waals surface area contributed by atoms with Gasteiger partial charge >= 0.3 is 0 Å². The van der Waals surface area contributed by atoms with Crippen molar-refractivity contribution in [2.75, 3.05) is 26.2 Å². The van der Waals surface area contributed by atoms with Gasteiger partial charge in [0.05, 0.1) is 5.92 Å². The van der Waals surface area contributed by atoms with Crippen molar-refractivity contribution in [2.24, 2.45) is 11.8 Å². The summed E-state index contributed by atoms with van der Waals surface area (Å²) in [6.07, 6.45) is 0.958. The smallest absolute Gasteiger partial charge is 0.225 e. The van der Waals surface area contributed by atoms with Crippen molar-refractivity contribution in [1.82, 2.24) is 15.5 Å². The number of rotatable bonds is 6. The number of amides is 1. The number of likely N-dealkylation sites (tertiary alicyclic amines) is 1. The van der Waals surface area contributed by atoms with Gasteiger partial charge in [-0.05, 0) is 49.2 Å². The number of hydrogen-bond acceptors (Lipinski definition) is 2. The summed E-state index contributed by atoms with van der Waals surface area (Å²) in [5, 5.41) is 6.88. The van der Waals surface area contributed by atoms with Gasteiger partial charge in [0, 0.05) is 32.1 Å². The quantitative estimate of drug-likeness (QED) is 0.761. The van der Waals surface area contributed by atoms with Gasteiger partial charge in [0.15, 0.2) is 5.11 Å². The zero-order chi connectivity index (χ0) is 18.4. The molecular weight excluding hydrogens is 337 g/mol. The van der Waals surface area contributed by atoms with Gasteiger partial charge in [-0.3, -0.25) is 4.79 Å². The number of carbonyl (C=O) groups is 1. The molecule has 0 radical (unpaired) electrons. The van der Waals surface area contributed by atoms with Crippen LogP contribution in [0.15, 0.2) is 24.3 Å². The maximum absolute atomic E-state index is 13.3. The van der Waals surface area contributed by atoms with E-state index in [0.29, 0.717) is 30.7 Å². The minimum absolute atomic E-state index is 0.0104. The lowest BCUT2D eigenvalue weighted by Gasteiger charge is -2.19. The van der Waals surface area contributed by atoms with Crippen LogP contribution in [0.25, 0.3) is 0 Å². The SMILES string of the molecule is CCNC(=S)N1CC(C(=O)NCCC(C)C)C(c2ccc(F)cc2)C1. The Morgan fingerprint density at radius 3 is 2.56 bits per heavy atom. The predicted molar refractivity (Wildman–Crippen MR) is 103 cm³/mol. The Morgan fingerprint density at radius 2 is 1.96 bits per heavy atom. The van der Waals surface area contributed by atoms with E-state index in [2.05, 4.69) is 24.5 Å². The molecular formula is C19H28FN3OS. The van der Waals surface area contributed by atoms with E-state index in [9.17, 15) is 9.18 Å². The van der Waals surface area contributed by atoms with E-state index in [-0.39, 0.29) is 23.6 Å². The van der Waals surface area contributed by atoms with Gasteiger partial charge in [-0.15, -0.1) is 0 Å². The monoisotopic (exact) mass is 365 g/mol. The molecule has 1 aliphatic rings. The molecule has 0 aliphatic carbocycles. The highest BCUT2D eigenvalue weighted by atomic mass is 32.1. The van der Waals surface area contributed by atoms with E-state index in [1.165, 1.54) is 12.1 Å². The number of nitrogens with one attached hydrogen (secondary N) is 2. The van der Waals surface area contributed by atoms with E-state index in [4.69, 9.17) is 12.2 Å². The Morgan fingerprint density at radius 1 is 1.28 bits per heavy atom. The summed E-state index contributed by atoms with van der Waals surface area (Å²) < 4.78 is 13.3. The molecule has 25 heavy (non-hydrogen) atoms. The van der Waals surface area contributed by atoms with E-state index >= 15 is 0 Å². The zero-order valence-corrected chi connectivity index (χ0v) is 16.0. The van der Waals surface area contributed by atoms with Crippen molar-refractivity contribution in [3.8, 4) is 0 Å². The van der Waals surface area contributed by atoms with Crippen LogP contribution in [0.5, 0.6) is 0 Å². The first kappa shape index (κ1) is 19.6. The fraction of sp³-hybridized carbons (Fsp3) is 0.579. The van der Waals surface area contributed by atoms with Crippen LogP contribution in [0.2, 0.25) is 0 Å². The van der Waals surface area contributed by atoms with Gasteiger partial charge in [-0.2, -0.15) is 0 Å². The first-order chi connectivity index (χ1) is 11.9. The Hall–Kier alpha value is -1.69. The van der Waals surface area contributed by atoms with Crippen LogP contribution in [-0.2, 0) is 4.79 Å². The van der Waals surface area contributed by atoms with Crippen LogP contribution in [0.4, 0.5) is 4.39 Å². The van der Waals surface area contributed by atoms with Gasteiger partial charge in [0.1, 0.15) is 5.82 Å². The Kier molecular flexibility index (Phi) is 7.17. The molecule has 0 bridgehead atoms. The van der Waals surface area contributed by atoms with E-state index in [0.717, 1.165) is 18.5 Å². The Balaban J connectivity index is 2.12. The predicted octanol–water partition coefficient (Wildman–Crippen LogP) is 2.90. The van der Waals surface area contributed by atoms with Crippen LogP contribution in [0.1, 0.15) is 38.7 Å².